The molecule has 0 aromatic heterocycles. The summed E-state index contributed by atoms with van der Waals surface area (Å²) in [5.74, 6) is 6.29. The fourth-order valence-electron chi connectivity index (χ4n) is 2.15. The van der Waals surface area contributed by atoms with Gasteiger partial charge in [-0.3, -0.25) is 0 Å². The van der Waals surface area contributed by atoms with Gasteiger partial charge in [0, 0.05) is 24.2 Å². The smallest absolute Gasteiger partial charge is 0.377 e. The molecular weight excluding hydrogens is 312 g/mol. The molecule has 1 atom stereocenters. The van der Waals surface area contributed by atoms with E-state index >= 15 is 0 Å². The maximum Gasteiger partial charge on any atom is 0.377 e. The standard InChI is InChI=1S/C18H20O4S/c1-2-11-23-12-14-9-4-3-7-13(14)8-5-6-10-15-16(19)17(20)18(21)22-15/h3-4,7,9,15,19-20H,2,6,10-12H2,1H3. The Bertz CT molecular complexity index is 654. The van der Waals surface area contributed by atoms with Crippen LogP contribution in [0.1, 0.15) is 37.3 Å². The Morgan fingerprint density at radius 1 is 1.30 bits per heavy atom. The van der Waals surface area contributed by atoms with Crippen LogP contribution in [-0.4, -0.2) is 28.0 Å². The van der Waals surface area contributed by atoms with Crippen LogP contribution in [0.3, 0.4) is 0 Å². The van der Waals surface area contributed by atoms with E-state index < -0.39 is 23.6 Å². The van der Waals surface area contributed by atoms with E-state index in [0.29, 0.717) is 12.8 Å². The lowest BCUT2D eigenvalue weighted by Gasteiger charge is -2.06. The fraction of sp³-hybridized carbons (Fsp3) is 0.389. The first-order chi connectivity index (χ1) is 11.1. The van der Waals surface area contributed by atoms with E-state index in [-0.39, 0.29) is 0 Å². The van der Waals surface area contributed by atoms with E-state index in [1.807, 2.05) is 30.0 Å². The maximum absolute atomic E-state index is 11.1. The summed E-state index contributed by atoms with van der Waals surface area (Å²) in [5, 5.41) is 18.8. The molecule has 0 saturated carbocycles. The second-order valence-electron chi connectivity index (χ2n) is 5.18. The molecule has 5 heteroatoms. The molecule has 1 aromatic carbocycles. The molecule has 4 nitrogen and oxygen atoms in total. The Morgan fingerprint density at radius 3 is 2.78 bits per heavy atom. The van der Waals surface area contributed by atoms with Crippen molar-refractivity contribution >= 4 is 17.7 Å². The number of carbonyl (C=O) groups excluding carboxylic acids is 1. The second-order valence-corrected chi connectivity index (χ2v) is 6.28. The van der Waals surface area contributed by atoms with E-state index in [1.165, 1.54) is 5.56 Å². The molecule has 1 aliphatic rings. The highest BCUT2D eigenvalue weighted by Crippen LogP contribution is 2.22. The van der Waals surface area contributed by atoms with Crippen LogP contribution in [0.25, 0.3) is 0 Å². The van der Waals surface area contributed by atoms with Crippen molar-refractivity contribution in [3.05, 3.63) is 46.9 Å². The quantitative estimate of drug-likeness (QED) is 0.472. The number of cyclic esters (lactones) is 1. The van der Waals surface area contributed by atoms with Gasteiger partial charge < -0.3 is 14.9 Å². The third-order valence-corrected chi connectivity index (χ3v) is 4.58. The van der Waals surface area contributed by atoms with Crippen molar-refractivity contribution in [2.45, 2.75) is 38.0 Å². The zero-order valence-electron chi connectivity index (χ0n) is 13.0. The average Bonchev–Trinajstić information content (AvgIpc) is 2.80. The van der Waals surface area contributed by atoms with Gasteiger partial charge in [-0.2, -0.15) is 11.8 Å². The molecule has 1 unspecified atom stereocenters. The number of esters is 1. The SMILES string of the molecule is CCCSCc1ccccc1C#CCCC1OC(=O)C(O)=C1O. The first-order valence-corrected chi connectivity index (χ1v) is 8.76. The largest absolute Gasteiger partial charge is 0.505 e. The van der Waals surface area contributed by atoms with Gasteiger partial charge in [-0.1, -0.05) is 37.0 Å². The topological polar surface area (TPSA) is 66.8 Å². The lowest BCUT2D eigenvalue weighted by molar-refractivity contribution is -0.142. The predicted octanol–water partition coefficient (Wildman–Crippen LogP) is 3.71. The Kier molecular flexibility index (Phi) is 6.42. The van der Waals surface area contributed by atoms with Gasteiger partial charge in [-0.15, -0.1) is 0 Å². The normalized spacial score (nSPS) is 16.9. The van der Waals surface area contributed by atoms with Crippen LogP contribution < -0.4 is 0 Å². The summed E-state index contributed by atoms with van der Waals surface area (Å²) < 4.78 is 4.84. The van der Waals surface area contributed by atoms with Crippen molar-refractivity contribution in [3.63, 3.8) is 0 Å². The van der Waals surface area contributed by atoms with Crippen molar-refractivity contribution in [2.24, 2.45) is 0 Å². The van der Waals surface area contributed by atoms with E-state index in [9.17, 15) is 15.0 Å². The number of rotatable bonds is 6. The summed E-state index contributed by atoms with van der Waals surface area (Å²) >= 11 is 1.89. The summed E-state index contributed by atoms with van der Waals surface area (Å²) in [4.78, 5) is 11.1. The van der Waals surface area contributed by atoms with Crippen LogP contribution in [0, 0.1) is 11.8 Å². The lowest BCUT2D eigenvalue weighted by atomic mass is 10.1. The van der Waals surface area contributed by atoms with Crippen LogP contribution in [0.15, 0.2) is 35.8 Å². The van der Waals surface area contributed by atoms with Crippen molar-refractivity contribution in [3.8, 4) is 11.8 Å². The van der Waals surface area contributed by atoms with Gasteiger partial charge in [-0.05, 0) is 23.8 Å². The first-order valence-electron chi connectivity index (χ1n) is 7.61. The maximum atomic E-state index is 11.1. The average molecular weight is 332 g/mol. The van der Waals surface area contributed by atoms with Crippen molar-refractivity contribution in [1.82, 2.24) is 0 Å². The lowest BCUT2D eigenvalue weighted by Crippen LogP contribution is -2.11. The van der Waals surface area contributed by atoms with E-state index in [0.717, 1.165) is 23.5 Å². The molecule has 1 aliphatic heterocycles. The Morgan fingerprint density at radius 2 is 2.09 bits per heavy atom. The summed E-state index contributed by atoms with van der Waals surface area (Å²) in [5.41, 5.74) is 2.22. The molecule has 1 heterocycles. The minimum absolute atomic E-state index is 0.362. The van der Waals surface area contributed by atoms with Crippen LogP contribution in [0.5, 0.6) is 0 Å². The predicted molar refractivity (Wildman–Crippen MR) is 91.2 cm³/mol. The van der Waals surface area contributed by atoms with Gasteiger partial charge in [0.05, 0.1) is 0 Å². The molecular formula is C18H20O4S. The third-order valence-electron chi connectivity index (χ3n) is 3.37. The van der Waals surface area contributed by atoms with Crippen LogP contribution in [-0.2, 0) is 15.3 Å². The highest BCUT2D eigenvalue weighted by molar-refractivity contribution is 7.98. The molecule has 0 radical (unpaired) electrons. The van der Waals surface area contributed by atoms with E-state index in [1.54, 1.807) is 0 Å². The summed E-state index contributed by atoms with van der Waals surface area (Å²) in [6.45, 7) is 2.16. The van der Waals surface area contributed by atoms with Gasteiger partial charge >= 0.3 is 5.97 Å². The second kappa shape index (κ2) is 8.54. The molecule has 122 valence electrons. The molecule has 23 heavy (non-hydrogen) atoms. The fourth-order valence-corrected chi connectivity index (χ4v) is 3.05. The highest BCUT2D eigenvalue weighted by Gasteiger charge is 2.33. The molecule has 1 aromatic rings. The Hall–Kier alpha value is -2.06. The molecule has 0 amide bonds. The van der Waals surface area contributed by atoms with Crippen molar-refractivity contribution < 1.29 is 19.7 Å². The van der Waals surface area contributed by atoms with Crippen molar-refractivity contribution in [2.75, 3.05) is 5.75 Å². The molecule has 0 spiro atoms. The molecule has 0 bridgehead atoms. The zero-order valence-corrected chi connectivity index (χ0v) is 13.9. The van der Waals surface area contributed by atoms with Gasteiger partial charge in [-0.25, -0.2) is 4.79 Å². The highest BCUT2D eigenvalue weighted by atomic mass is 32.2. The summed E-state index contributed by atoms with van der Waals surface area (Å²) in [7, 11) is 0. The number of ether oxygens (including phenoxy) is 1. The van der Waals surface area contributed by atoms with Crippen LogP contribution in [0.2, 0.25) is 0 Å². The van der Waals surface area contributed by atoms with Crippen LogP contribution >= 0.6 is 11.8 Å². The number of carbonyl (C=O) groups is 1. The van der Waals surface area contributed by atoms with Gasteiger partial charge in [0.1, 0.15) is 0 Å². The monoisotopic (exact) mass is 332 g/mol. The number of benzene rings is 1. The summed E-state index contributed by atoms with van der Waals surface area (Å²) in [6, 6.07) is 8.05. The number of hydrogen-bond donors (Lipinski definition) is 2. The third kappa shape index (κ3) is 4.70. The Labute approximate surface area is 140 Å². The number of thioether (sulfide) groups is 1. The van der Waals surface area contributed by atoms with E-state index in [4.69, 9.17) is 4.74 Å². The summed E-state index contributed by atoms with van der Waals surface area (Å²) in [6.07, 6.45) is 1.20. The molecule has 0 fully saturated rings. The number of aliphatic hydroxyl groups excluding tert-OH is 2. The zero-order chi connectivity index (χ0) is 16.7. The van der Waals surface area contributed by atoms with Crippen LogP contribution in [0.4, 0.5) is 0 Å². The number of hydrogen-bond acceptors (Lipinski definition) is 5. The van der Waals surface area contributed by atoms with E-state index in [2.05, 4.69) is 24.8 Å². The minimum atomic E-state index is -0.876. The van der Waals surface area contributed by atoms with Crippen molar-refractivity contribution in [1.29, 1.82) is 0 Å². The number of aliphatic hydroxyl groups is 2. The molecule has 0 saturated heterocycles. The van der Waals surface area contributed by atoms with Gasteiger partial charge in [0.2, 0.25) is 5.76 Å². The molecule has 2 N–H and O–H groups in total. The van der Waals surface area contributed by atoms with Gasteiger partial charge in [0.15, 0.2) is 11.9 Å². The minimum Gasteiger partial charge on any atom is -0.505 e. The van der Waals surface area contributed by atoms with Gasteiger partial charge in [0.25, 0.3) is 0 Å². The molecule has 2 rings (SSSR count). The molecule has 0 aliphatic carbocycles. The first kappa shape index (κ1) is 17.3. The Balaban J connectivity index is 1.91.